The number of benzene rings is 2. The molecule has 30 heavy (non-hydrogen) atoms. The average molecular weight is 427 g/mol. The monoisotopic (exact) mass is 427 g/mol. The fraction of sp³-hybridized carbons (Fsp3) is 0.105. The molecule has 2 aromatic carbocycles. The topological polar surface area (TPSA) is 144 Å². The van der Waals surface area contributed by atoms with Gasteiger partial charge in [0.15, 0.2) is 0 Å². The fourth-order valence-corrected chi connectivity index (χ4v) is 3.58. The van der Waals surface area contributed by atoms with Crippen LogP contribution in [-0.4, -0.2) is 29.2 Å². The highest BCUT2D eigenvalue weighted by Crippen LogP contribution is 2.19. The summed E-state index contributed by atoms with van der Waals surface area (Å²) < 4.78 is 27.4. The van der Waals surface area contributed by atoms with Crippen LogP contribution in [0, 0.1) is 24.0 Å². The highest BCUT2D eigenvalue weighted by molar-refractivity contribution is 7.92. The lowest BCUT2D eigenvalue weighted by atomic mass is 10.2. The summed E-state index contributed by atoms with van der Waals surface area (Å²) in [6.07, 6.45) is 0. The van der Waals surface area contributed by atoms with Crippen molar-refractivity contribution in [3.8, 4) is 0 Å². The van der Waals surface area contributed by atoms with E-state index in [0.29, 0.717) is 17.1 Å². The van der Waals surface area contributed by atoms with Gasteiger partial charge in [0.05, 0.1) is 9.82 Å². The van der Waals surface area contributed by atoms with E-state index in [1.165, 1.54) is 42.5 Å². The van der Waals surface area contributed by atoms with E-state index < -0.39 is 20.9 Å². The average Bonchev–Trinajstić information content (AvgIpc) is 2.67. The van der Waals surface area contributed by atoms with Crippen LogP contribution < -0.4 is 10.0 Å². The summed E-state index contributed by atoms with van der Waals surface area (Å²) in [6, 6.07) is 12.4. The predicted molar refractivity (Wildman–Crippen MR) is 110 cm³/mol. The Kier molecular flexibility index (Phi) is 5.74. The zero-order valence-corrected chi connectivity index (χ0v) is 16.8. The lowest BCUT2D eigenvalue weighted by molar-refractivity contribution is -0.384. The Labute approximate surface area is 172 Å². The third-order valence-electron chi connectivity index (χ3n) is 3.95. The molecular weight excluding hydrogens is 410 g/mol. The number of amides is 1. The Morgan fingerprint density at radius 2 is 1.63 bits per heavy atom. The largest absolute Gasteiger partial charge is 0.322 e. The van der Waals surface area contributed by atoms with E-state index in [2.05, 4.69) is 20.0 Å². The molecule has 0 unspecified atom stereocenters. The minimum Gasteiger partial charge on any atom is -0.322 e. The molecule has 0 atom stereocenters. The first-order valence-electron chi connectivity index (χ1n) is 8.65. The standard InChI is InChI=1S/C19H17N5O5S/c1-12-10-13(2)21-19(20-12)23-30(28,29)17-8-6-15(7-9-17)22-18(25)14-4-3-5-16(11-14)24(26)27/h3-11H,1-2H3,(H,22,25)(H,20,21,23). The Hall–Kier alpha value is -3.86. The van der Waals surface area contributed by atoms with Crippen molar-refractivity contribution in [2.24, 2.45) is 0 Å². The zero-order chi connectivity index (χ0) is 21.9. The van der Waals surface area contributed by atoms with Gasteiger partial charge in [0.1, 0.15) is 0 Å². The summed E-state index contributed by atoms with van der Waals surface area (Å²) in [5.41, 5.74) is 1.48. The fourth-order valence-electron chi connectivity index (χ4n) is 2.63. The van der Waals surface area contributed by atoms with Crippen molar-refractivity contribution in [1.82, 2.24) is 9.97 Å². The number of non-ortho nitro benzene ring substituents is 1. The van der Waals surface area contributed by atoms with Gasteiger partial charge in [-0.25, -0.2) is 23.1 Å². The number of hydrogen-bond donors (Lipinski definition) is 2. The SMILES string of the molecule is Cc1cc(C)nc(NS(=O)(=O)c2ccc(NC(=O)c3cccc([N+](=O)[O-])c3)cc2)n1. The highest BCUT2D eigenvalue weighted by atomic mass is 32.2. The van der Waals surface area contributed by atoms with Gasteiger partial charge in [-0.15, -0.1) is 0 Å². The molecule has 2 N–H and O–H groups in total. The third-order valence-corrected chi connectivity index (χ3v) is 5.29. The molecule has 154 valence electrons. The van der Waals surface area contributed by atoms with Crippen LogP contribution in [0.2, 0.25) is 0 Å². The Bertz CT molecular complexity index is 1210. The predicted octanol–water partition coefficient (Wildman–Crippen LogP) is 3.05. The smallest absolute Gasteiger partial charge is 0.270 e. The van der Waals surface area contributed by atoms with Crippen molar-refractivity contribution in [2.45, 2.75) is 18.7 Å². The molecule has 0 spiro atoms. The molecule has 1 amide bonds. The first kappa shape index (κ1) is 20.9. The molecule has 3 aromatic rings. The first-order valence-corrected chi connectivity index (χ1v) is 10.1. The van der Waals surface area contributed by atoms with Gasteiger partial charge in [0.25, 0.3) is 21.6 Å². The number of anilines is 2. The van der Waals surface area contributed by atoms with Crippen LogP contribution in [0.15, 0.2) is 59.5 Å². The molecule has 3 rings (SSSR count). The lowest BCUT2D eigenvalue weighted by Crippen LogP contribution is -2.16. The number of nitrogens with zero attached hydrogens (tertiary/aromatic N) is 3. The molecule has 0 aliphatic heterocycles. The van der Waals surface area contributed by atoms with Gasteiger partial charge in [-0.2, -0.15) is 0 Å². The highest BCUT2D eigenvalue weighted by Gasteiger charge is 2.17. The van der Waals surface area contributed by atoms with Crippen LogP contribution >= 0.6 is 0 Å². The van der Waals surface area contributed by atoms with Crippen LogP contribution in [-0.2, 0) is 10.0 Å². The van der Waals surface area contributed by atoms with Crippen molar-refractivity contribution in [1.29, 1.82) is 0 Å². The maximum Gasteiger partial charge on any atom is 0.270 e. The van der Waals surface area contributed by atoms with E-state index >= 15 is 0 Å². The van der Waals surface area contributed by atoms with Crippen molar-refractivity contribution in [2.75, 3.05) is 10.0 Å². The lowest BCUT2D eigenvalue weighted by Gasteiger charge is -2.09. The summed E-state index contributed by atoms with van der Waals surface area (Å²) in [4.78, 5) is 30.6. The van der Waals surface area contributed by atoms with E-state index in [9.17, 15) is 23.3 Å². The molecule has 0 bridgehead atoms. The van der Waals surface area contributed by atoms with E-state index in [-0.39, 0.29) is 22.1 Å². The molecule has 0 aliphatic carbocycles. The number of aryl methyl sites for hydroxylation is 2. The summed E-state index contributed by atoms with van der Waals surface area (Å²) in [5.74, 6) is -0.591. The van der Waals surface area contributed by atoms with Crippen LogP contribution in [0.5, 0.6) is 0 Å². The number of nitrogens with one attached hydrogen (secondary N) is 2. The molecule has 0 saturated heterocycles. The minimum absolute atomic E-state index is 0.0319. The summed E-state index contributed by atoms with van der Waals surface area (Å²) in [5, 5.41) is 13.4. The molecule has 1 heterocycles. The normalized spacial score (nSPS) is 11.0. The Morgan fingerprint density at radius 3 is 2.23 bits per heavy atom. The third kappa shape index (κ3) is 4.94. The Morgan fingerprint density at radius 1 is 1.00 bits per heavy atom. The number of sulfonamides is 1. The molecular formula is C19H17N5O5S. The van der Waals surface area contributed by atoms with Gasteiger partial charge in [-0.05, 0) is 50.2 Å². The van der Waals surface area contributed by atoms with Gasteiger partial charge in [0.2, 0.25) is 5.95 Å². The molecule has 11 heteroatoms. The minimum atomic E-state index is -3.92. The second-order valence-electron chi connectivity index (χ2n) is 6.37. The van der Waals surface area contributed by atoms with Gasteiger partial charge in [-0.1, -0.05) is 6.07 Å². The van der Waals surface area contributed by atoms with E-state index in [4.69, 9.17) is 0 Å². The number of nitro groups is 1. The zero-order valence-electron chi connectivity index (χ0n) is 16.0. The van der Waals surface area contributed by atoms with E-state index in [1.807, 2.05) is 0 Å². The number of hydrogen-bond acceptors (Lipinski definition) is 7. The van der Waals surface area contributed by atoms with Crippen LogP contribution in [0.1, 0.15) is 21.7 Å². The Balaban J connectivity index is 1.74. The second kappa shape index (κ2) is 8.25. The number of nitro benzene ring substituents is 1. The summed E-state index contributed by atoms with van der Waals surface area (Å²) >= 11 is 0. The van der Waals surface area contributed by atoms with Gasteiger partial charge in [-0.3, -0.25) is 14.9 Å². The number of carbonyl (C=O) groups is 1. The maximum atomic E-state index is 12.5. The van der Waals surface area contributed by atoms with Gasteiger partial charge >= 0.3 is 0 Å². The van der Waals surface area contributed by atoms with Gasteiger partial charge < -0.3 is 5.32 Å². The number of rotatable bonds is 6. The van der Waals surface area contributed by atoms with E-state index in [1.54, 1.807) is 19.9 Å². The quantitative estimate of drug-likeness (QED) is 0.454. The number of aromatic nitrogens is 2. The first-order chi connectivity index (χ1) is 14.1. The number of carbonyl (C=O) groups excluding carboxylic acids is 1. The molecule has 0 saturated carbocycles. The van der Waals surface area contributed by atoms with Crippen molar-refractivity contribution in [3.63, 3.8) is 0 Å². The van der Waals surface area contributed by atoms with Crippen molar-refractivity contribution >= 4 is 33.3 Å². The molecule has 1 aromatic heterocycles. The summed E-state index contributed by atoms with van der Waals surface area (Å²) in [7, 11) is -3.92. The molecule has 0 radical (unpaired) electrons. The van der Waals surface area contributed by atoms with Crippen LogP contribution in [0.25, 0.3) is 0 Å². The van der Waals surface area contributed by atoms with Gasteiger partial charge in [0, 0.05) is 34.8 Å². The molecule has 0 fully saturated rings. The molecule has 0 aliphatic rings. The second-order valence-corrected chi connectivity index (χ2v) is 8.05. The summed E-state index contributed by atoms with van der Waals surface area (Å²) in [6.45, 7) is 3.45. The van der Waals surface area contributed by atoms with Crippen molar-refractivity contribution < 1.29 is 18.1 Å². The van der Waals surface area contributed by atoms with Crippen LogP contribution in [0.4, 0.5) is 17.3 Å². The maximum absolute atomic E-state index is 12.5. The van der Waals surface area contributed by atoms with E-state index in [0.717, 1.165) is 6.07 Å². The van der Waals surface area contributed by atoms with Crippen molar-refractivity contribution in [3.05, 3.63) is 81.7 Å². The van der Waals surface area contributed by atoms with Crippen LogP contribution in [0.3, 0.4) is 0 Å². The molecule has 10 nitrogen and oxygen atoms in total.